The second-order valence-electron chi connectivity index (χ2n) is 4.50. The van der Waals surface area contributed by atoms with E-state index in [1.165, 1.54) is 0 Å². The van der Waals surface area contributed by atoms with Gasteiger partial charge in [-0.2, -0.15) is 0 Å². The third kappa shape index (κ3) is 4.28. The van der Waals surface area contributed by atoms with Crippen molar-refractivity contribution in [3.8, 4) is 0 Å². The third-order valence-electron chi connectivity index (χ3n) is 2.95. The van der Waals surface area contributed by atoms with Gasteiger partial charge in [0.25, 0.3) is 0 Å². The Morgan fingerprint density at radius 3 is 2.79 bits per heavy atom. The average molecular weight is 285 g/mol. The summed E-state index contributed by atoms with van der Waals surface area (Å²) >= 11 is 0. The van der Waals surface area contributed by atoms with Gasteiger partial charge in [-0.3, -0.25) is 0 Å². The van der Waals surface area contributed by atoms with Crippen molar-refractivity contribution in [1.82, 2.24) is 5.32 Å². The second-order valence-corrected chi connectivity index (χ2v) is 6.78. The van der Waals surface area contributed by atoms with Crippen LogP contribution in [0.5, 0.6) is 0 Å². The predicted octanol–water partition coefficient (Wildman–Crippen LogP) is 0.910. The van der Waals surface area contributed by atoms with E-state index in [0.29, 0.717) is 13.2 Å². The zero-order valence-electron chi connectivity index (χ0n) is 10.9. The van der Waals surface area contributed by atoms with Gasteiger partial charge in [-0.15, -0.1) is 0 Å². The minimum atomic E-state index is -3.34. The second kappa shape index (κ2) is 6.47. The molecule has 0 aromatic heterocycles. The molecular formula is C13H19NO4S. The lowest BCUT2D eigenvalue weighted by molar-refractivity contribution is -0.159. The van der Waals surface area contributed by atoms with Crippen LogP contribution in [0.2, 0.25) is 0 Å². The summed E-state index contributed by atoms with van der Waals surface area (Å²) in [5.74, 6) is -0.0187. The molecule has 0 spiro atoms. The van der Waals surface area contributed by atoms with E-state index in [1.807, 2.05) is 18.2 Å². The lowest BCUT2D eigenvalue weighted by atomic mass is 10.2. The highest BCUT2D eigenvalue weighted by Crippen LogP contribution is 2.14. The number of hydrogen-bond acceptors (Lipinski definition) is 5. The minimum absolute atomic E-state index is 0.0187. The molecule has 1 aromatic carbocycles. The van der Waals surface area contributed by atoms with Gasteiger partial charge in [0.15, 0.2) is 21.6 Å². The van der Waals surface area contributed by atoms with Gasteiger partial charge in [0.1, 0.15) is 0 Å². The fourth-order valence-corrected chi connectivity index (χ4v) is 3.04. The van der Waals surface area contributed by atoms with Crippen LogP contribution in [0.25, 0.3) is 0 Å². The first-order valence-corrected chi connectivity index (χ1v) is 8.03. The van der Waals surface area contributed by atoms with E-state index in [1.54, 1.807) is 19.1 Å². The summed E-state index contributed by atoms with van der Waals surface area (Å²) in [6.07, 6.45) is -0.491. The Bertz CT molecular complexity index is 483. The van der Waals surface area contributed by atoms with Crippen LogP contribution in [-0.4, -0.2) is 39.8 Å². The Balaban J connectivity index is 1.94. The van der Waals surface area contributed by atoms with Gasteiger partial charge in [0, 0.05) is 13.1 Å². The van der Waals surface area contributed by atoms with Crippen LogP contribution in [0.15, 0.2) is 30.3 Å². The van der Waals surface area contributed by atoms with Gasteiger partial charge in [0.05, 0.1) is 12.4 Å². The molecular weight excluding hydrogens is 266 g/mol. The number of benzene rings is 1. The fourth-order valence-electron chi connectivity index (χ4n) is 1.85. The molecule has 2 unspecified atom stereocenters. The number of nitrogens with one attached hydrogen (secondary N) is 1. The van der Waals surface area contributed by atoms with Crippen molar-refractivity contribution in [2.45, 2.75) is 24.4 Å². The smallest absolute Gasteiger partial charge is 0.181 e. The number of morpholine rings is 1. The fraction of sp³-hybridized carbons (Fsp3) is 0.538. The van der Waals surface area contributed by atoms with E-state index in [4.69, 9.17) is 9.47 Å². The molecule has 0 saturated carbocycles. The summed E-state index contributed by atoms with van der Waals surface area (Å²) in [4.78, 5) is 0. The molecule has 2 atom stereocenters. The summed E-state index contributed by atoms with van der Waals surface area (Å²) in [5, 5.41) is 3.10. The molecule has 106 valence electrons. The van der Waals surface area contributed by atoms with Gasteiger partial charge in [0.2, 0.25) is 0 Å². The highest BCUT2D eigenvalue weighted by Gasteiger charge is 2.26. The van der Waals surface area contributed by atoms with Crippen molar-refractivity contribution >= 4 is 9.84 Å². The summed E-state index contributed by atoms with van der Waals surface area (Å²) in [6.45, 7) is 3.38. The molecule has 0 radical (unpaired) electrons. The van der Waals surface area contributed by atoms with Crippen LogP contribution in [0, 0.1) is 0 Å². The quantitative estimate of drug-likeness (QED) is 0.871. The van der Waals surface area contributed by atoms with Crippen LogP contribution in [0.1, 0.15) is 12.5 Å². The van der Waals surface area contributed by atoms with E-state index in [0.717, 1.165) is 12.1 Å². The topological polar surface area (TPSA) is 64.6 Å². The molecule has 0 aliphatic carbocycles. The molecule has 2 rings (SSSR count). The van der Waals surface area contributed by atoms with Gasteiger partial charge >= 0.3 is 0 Å². The first-order chi connectivity index (χ1) is 9.08. The Morgan fingerprint density at radius 1 is 1.42 bits per heavy atom. The van der Waals surface area contributed by atoms with Crippen LogP contribution >= 0.6 is 0 Å². The SMILES string of the molecule is CC(OC1CNCCO1)S(=O)(=O)Cc1ccccc1. The lowest BCUT2D eigenvalue weighted by Crippen LogP contribution is -2.42. The largest absolute Gasteiger partial charge is 0.350 e. The van der Waals surface area contributed by atoms with E-state index in [9.17, 15) is 8.42 Å². The monoisotopic (exact) mass is 285 g/mol. The van der Waals surface area contributed by atoms with Crippen molar-refractivity contribution in [1.29, 1.82) is 0 Å². The van der Waals surface area contributed by atoms with Crippen molar-refractivity contribution in [2.24, 2.45) is 0 Å². The Hall–Kier alpha value is -0.950. The molecule has 0 bridgehead atoms. The third-order valence-corrected chi connectivity index (χ3v) is 4.81. The molecule has 1 aromatic rings. The lowest BCUT2D eigenvalue weighted by Gasteiger charge is -2.26. The maximum absolute atomic E-state index is 12.2. The molecule has 19 heavy (non-hydrogen) atoms. The molecule has 1 fully saturated rings. The molecule has 6 heteroatoms. The molecule has 1 aliphatic heterocycles. The maximum atomic E-state index is 12.2. The number of hydrogen-bond donors (Lipinski definition) is 1. The number of rotatable bonds is 5. The standard InChI is InChI=1S/C13H19NO4S/c1-11(18-13-9-14-7-8-17-13)19(15,16)10-12-5-3-2-4-6-12/h2-6,11,13-14H,7-10H2,1H3. The first kappa shape index (κ1) is 14.5. The van der Waals surface area contributed by atoms with Crippen molar-refractivity contribution in [3.05, 3.63) is 35.9 Å². The van der Waals surface area contributed by atoms with Gasteiger partial charge in [-0.1, -0.05) is 30.3 Å². The Morgan fingerprint density at radius 2 is 2.16 bits per heavy atom. The van der Waals surface area contributed by atoms with E-state index < -0.39 is 21.6 Å². The van der Waals surface area contributed by atoms with Gasteiger partial charge < -0.3 is 14.8 Å². The van der Waals surface area contributed by atoms with E-state index in [-0.39, 0.29) is 5.75 Å². The summed E-state index contributed by atoms with van der Waals surface area (Å²) in [5.41, 5.74) is -0.113. The summed E-state index contributed by atoms with van der Waals surface area (Å²) < 4.78 is 35.1. The molecule has 0 amide bonds. The van der Waals surface area contributed by atoms with Crippen molar-refractivity contribution < 1.29 is 17.9 Å². The van der Waals surface area contributed by atoms with Crippen molar-refractivity contribution in [3.63, 3.8) is 0 Å². The highest BCUT2D eigenvalue weighted by molar-refractivity contribution is 7.91. The van der Waals surface area contributed by atoms with E-state index >= 15 is 0 Å². The van der Waals surface area contributed by atoms with Crippen molar-refractivity contribution in [2.75, 3.05) is 19.7 Å². The molecule has 1 saturated heterocycles. The minimum Gasteiger partial charge on any atom is -0.350 e. The molecule has 1 heterocycles. The number of sulfone groups is 1. The Kier molecular flexibility index (Phi) is 4.93. The molecule has 1 aliphatic rings. The highest BCUT2D eigenvalue weighted by atomic mass is 32.2. The van der Waals surface area contributed by atoms with Crippen LogP contribution in [0.4, 0.5) is 0 Å². The Labute approximate surface area is 113 Å². The first-order valence-electron chi connectivity index (χ1n) is 6.31. The number of ether oxygens (including phenoxy) is 2. The normalized spacial score (nSPS) is 22.1. The molecule has 5 nitrogen and oxygen atoms in total. The molecule has 1 N–H and O–H groups in total. The zero-order chi connectivity index (χ0) is 13.7. The summed E-state index contributed by atoms with van der Waals surface area (Å²) in [6, 6.07) is 9.10. The van der Waals surface area contributed by atoms with Gasteiger partial charge in [-0.05, 0) is 12.5 Å². The van der Waals surface area contributed by atoms with E-state index in [2.05, 4.69) is 5.32 Å². The van der Waals surface area contributed by atoms with Crippen LogP contribution < -0.4 is 5.32 Å². The van der Waals surface area contributed by atoms with Crippen LogP contribution in [0.3, 0.4) is 0 Å². The summed E-state index contributed by atoms with van der Waals surface area (Å²) in [7, 11) is -3.34. The maximum Gasteiger partial charge on any atom is 0.181 e. The average Bonchev–Trinajstić information content (AvgIpc) is 2.40. The zero-order valence-corrected chi connectivity index (χ0v) is 11.7. The predicted molar refractivity (Wildman–Crippen MR) is 72.2 cm³/mol. The van der Waals surface area contributed by atoms with Crippen LogP contribution in [-0.2, 0) is 25.1 Å². The van der Waals surface area contributed by atoms with Gasteiger partial charge in [-0.25, -0.2) is 8.42 Å².